The number of ether oxygens (including phenoxy) is 1. The number of amides is 1. The van der Waals surface area contributed by atoms with E-state index in [1.165, 1.54) is 0 Å². The van der Waals surface area contributed by atoms with Crippen molar-refractivity contribution in [3.63, 3.8) is 0 Å². The quantitative estimate of drug-likeness (QED) is 0.333. The van der Waals surface area contributed by atoms with Gasteiger partial charge in [-0.3, -0.25) is 9.59 Å². The summed E-state index contributed by atoms with van der Waals surface area (Å²) in [6.45, 7) is 0.195. The highest BCUT2D eigenvalue weighted by atomic mass is 16.5. The summed E-state index contributed by atoms with van der Waals surface area (Å²) in [6, 6.07) is 26.8. The van der Waals surface area contributed by atoms with E-state index in [0.717, 1.165) is 5.56 Å². The molecule has 1 amide bonds. The van der Waals surface area contributed by atoms with Crippen molar-refractivity contribution in [3.8, 4) is 11.5 Å². The van der Waals surface area contributed by atoms with Crippen molar-refractivity contribution in [1.29, 1.82) is 0 Å². The topological polar surface area (TPSA) is 72.9 Å². The normalized spacial score (nSPS) is 15.0. The van der Waals surface area contributed by atoms with E-state index in [9.17, 15) is 9.59 Å². The van der Waals surface area contributed by atoms with Gasteiger partial charge < -0.3 is 18.5 Å². The zero-order chi connectivity index (χ0) is 23.1. The molecule has 1 unspecified atom stereocenters. The second-order valence-corrected chi connectivity index (χ2v) is 8.07. The van der Waals surface area contributed by atoms with Crippen molar-refractivity contribution >= 4 is 16.9 Å². The molecule has 1 aliphatic rings. The summed E-state index contributed by atoms with van der Waals surface area (Å²) in [7, 11) is 0. The number of benzene rings is 3. The van der Waals surface area contributed by atoms with Crippen LogP contribution in [-0.2, 0) is 6.54 Å². The van der Waals surface area contributed by atoms with Crippen molar-refractivity contribution in [3.05, 3.63) is 130 Å². The Morgan fingerprint density at radius 1 is 0.824 bits per heavy atom. The van der Waals surface area contributed by atoms with Gasteiger partial charge in [0.2, 0.25) is 5.76 Å². The second kappa shape index (κ2) is 8.08. The van der Waals surface area contributed by atoms with Crippen LogP contribution < -0.4 is 10.2 Å². The number of para-hydroxylation sites is 2. The number of fused-ring (bicyclic) bond motifs is 2. The first-order valence-corrected chi connectivity index (χ1v) is 10.9. The van der Waals surface area contributed by atoms with Gasteiger partial charge in [-0.05, 0) is 54.1 Å². The molecule has 3 heterocycles. The first kappa shape index (κ1) is 20.1. The maximum absolute atomic E-state index is 13.6. The van der Waals surface area contributed by atoms with E-state index in [1.54, 1.807) is 47.6 Å². The monoisotopic (exact) mass is 449 g/mol. The molecule has 0 aliphatic carbocycles. The lowest BCUT2D eigenvalue weighted by atomic mass is 9.98. The Hall–Kier alpha value is -4.58. The van der Waals surface area contributed by atoms with Crippen LogP contribution in [-0.4, -0.2) is 10.8 Å². The molecule has 0 bridgehead atoms. The van der Waals surface area contributed by atoms with Gasteiger partial charge in [0.05, 0.1) is 29.8 Å². The Bertz CT molecular complexity index is 1550. The molecule has 1 atom stereocenters. The Kier molecular flexibility index (Phi) is 4.77. The first-order valence-electron chi connectivity index (χ1n) is 10.9. The Morgan fingerprint density at radius 2 is 1.62 bits per heavy atom. The summed E-state index contributed by atoms with van der Waals surface area (Å²) in [5.74, 6) is 1.62. The minimum absolute atomic E-state index is 0.0645. The smallest absolute Gasteiger partial charge is 0.291 e. The molecule has 0 saturated heterocycles. The second-order valence-electron chi connectivity index (χ2n) is 8.07. The molecular formula is C28H19NO5. The fourth-order valence-corrected chi connectivity index (χ4v) is 4.42. The van der Waals surface area contributed by atoms with Crippen molar-refractivity contribution in [2.45, 2.75) is 12.6 Å². The predicted molar refractivity (Wildman–Crippen MR) is 126 cm³/mol. The molecule has 166 valence electrons. The summed E-state index contributed by atoms with van der Waals surface area (Å²) in [5, 5.41) is 0.440. The zero-order valence-electron chi connectivity index (χ0n) is 18.0. The molecule has 3 aromatic carbocycles. The number of hydrogen-bond donors (Lipinski definition) is 0. The SMILES string of the molecule is O=C1c2oc3ccccc3c(=O)c2C(c2cccc(Oc3ccccc3)c2)N1Cc1ccco1. The summed E-state index contributed by atoms with van der Waals surface area (Å²) >= 11 is 0. The van der Waals surface area contributed by atoms with Crippen LogP contribution >= 0.6 is 0 Å². The lowest BCUT2D eigenvalue weighted by Crippen LogP contribution is -2.29. The average Bonchev–Trinajstić information content (AvgIpc) is 3.47. The third kappa shape index (κ3) is 3.36. The van der Waals surface area contributed by atoms with Crippen LogP contribution in [0.25, 0.3) is 11.0 Å². The van der Waals surface area contributed by atoms with Gasteiger partial charge in [0.15, 0.2) is 5.43 Å². The molecule has 1 aliphatic heterocycles. The van der Waals surface area contributed by atoms with Crippen LogP contribution in [0.5, 0.6) is 11.5 Å². The molecule has 0 N–H and O–H groups in total. The van der Waals surface area contributed by atoms with Gasteiger partial charge in [0.25, 0.3) is 5.91 Å². The number of carbonyl (C=O) groups is 1. The largest absolute Gasteiger partial charge is 0.467 e. The fraction of sp³-hybridized carbons (Fsp3) is 0.0714. The van der Waals surface area contributed by atoms with Crippen LogP contribution in [0.4, 0.5) is 0 Å². The highest BCUT2D eigenvalue weighted by Crippen LogP contribution is 2.40. The lowest BCUT2D eigenvalue weighted by molar-refractivity contribution is 0.0701. The maximum atomic E-state index is 13.6. The van der Waals surface area contributed by atoms with E-state index in [0.29, 0.717) is 33.8 Å². The first-order chi connectivity index (χ1) is 16.7. The molecule has 34 heavy (non-hydrogen) atoms. The number of hydrogen-bond acceptors (Lipinski definition) is 5. The summed E-state index contributed by atoms with van der Waals surface area (Å²) in [4.78, 5) is 28.7. The molecule has 6 rings (SSSR count). The van der Waals surface area contributed by atoms with E-state index in [4.69, 9.17) is 13.6 Å². The standard InChI is InChI=1S/C28H19NO5/c30-26-22-13-4-5-14-23(22)34-27-24(26)25(29(28(27)31)17-21-12-7-15-32-21)18-8-6-11-20(16-18)33-19-9-2-1-3-10-19/h1-16,25H,17H2. The molecule has 6 heteroatoms. The molecule has 0 fully saturated rings. The maximum Gasteiger partial charge on any atom is 0.291 e. The Labute approximate surface area is 194 Å². The molecular weight excluding hydrogens is 430 g/mol. The minimum atomic E-state index is -0.646. The van der Waals surface area contributed by atoms with Crippen molar-refractivity contribution < 1.29 is 18.4 Å². The predicted octanol–water partition coefficient (Wildman–Crippen LogP) is 5.92. The van der Waals surface area contributed by atoms with Crippen molar-refractivity contribution in [2.75, 3.05) is 0 Å². The summed E-state index contributed by atoms with van der Waals surface area (Å²) in [5.41, 5.74) is 1.24. The number of rotatable bonds is 5. The zero-order valence-corrected chi connectivity index (χ0v) is 18.0. The van der Waals surface area contributed by atoms with E-state index in [1.807, 2.05) is 54.6 Å². The van der Waals surface area contributed by atoms with Crippen LogP contribution in [0.3, 0.4) is 0 Å². The Balaban J connectivity index is 1.50. The van der Waals surface area contributed by atoms with Crippen LogP contribution in [0.2, 0.25) is 0 Å². The van der Waals surface area contributed by atoms with E-state index in [2.05, 4.69) is 0 Å². The Morgan fingerprint density at radius 3 is 2.44 bits per heavy atom. The van der Waals surface area contributed by atoms with Crippen LogP contribution in [0, 0.1) is 0 Å². The van der Waals surface area contributed by atoms with Gasteiger partial charge in [-0.2, -0.15) is 0 Å². The van der Waals surface area contributed by atoms with E-state index in [-0.39, 0.29) is 23.6 Å². The van der Waals surface area contributed by atoms with Gasteiger partial charge in [-0.15, -0.1) is 0 Å². The van der Waals surface area contributed by atoms with Crippen molar-refractivity contribution in [1.82, 2.24) is 4.90 Å². The third-order valence-corrected chi connectivity index (χ3v) is 5.93. The van der Waals surface area contributed by atoms with Gasteiger partial charge in [0.1, 0.15) is 22.8 Å². The highest BCUT2D eigenvalue weighted by molar-refractivity contribution is 5.99. The molecule has 0 radical (unpaired) electrons. The van der Waals surface area contributed by atoms with Gasteiger partial charge >= 0.3 is 0 Å². The molecule has 6 nitrogen and oxygen atoms in total. The number of furan rings is 1. The summed E-state index contributed by atoms with van der Waals surface area (Å²) in [6.07, 6.45) is 1.56. The highest BCUT2D eigenvalue weighted by Gasteiger charge is 2.43. The van der Waals surface area contributed by atoms with Gasteiger partial charge in [0, 0.05) is 0 Å². The molecule has 2 aromatic heterocycles. The lowest BCUT2D eigenvalue weighted by Gasteiger charge is -2.24. The fourth-order valence-electron chi connectivity index (χ4n) is 4.42. The van der Waals surface area contributed by atoms with Gasteiger partial charge in [-0.25, -0.2) is 0 Å². The van der Waals surface area contributed by atoms with E-state index >= 15 is 0 Å². The molecule has 0 saturated carbocycles. The molecule has 5 aromatic rings. The minimum Gasteiger partial charge on any atom is -0.467 e. The third-order valence-electron chi connectivity index (χ3n) is 5.93. The van der Waals surface area contributed by atoms with Gasteiger partial charge in [-0.1, -0.05) is 42.5 Å². The van der Waals surface area contributed by atoms with E-state index < -0.39 is 6.04 Å². The molecule has 0 spiro atoms. The summed E-state index contributed by atoms with van der Waals surface area (Å²) < 4.78 is 17.5. The van der Waals surface area contributed by atoms with Crippen LogP contribution in [0.15, 0.2) is 111 Å². The van der Waals surface area contributed by atoms with Crippen LogP contribution in [0.1, 0.15) is 33.5 Å². The number of nitrogens with zero attached hydrogens (tertiary/aromatic N) is 1. The number of carbonyl (C=O) groups excluding carboxylic acids is 1. The average molecular weight is 449 g/mol. The van der Waals surface area contributed by atoms with Crippen molar-refractivity contribution in [2.24, 2.45) is 0 Å².